The molecule has 0 unspecified atom stereocenters. The molecule has 1 aliphatic rings. The molecule has 0 aliphatic carbocycles. The summed E-state index contributed by atoms with van der Waals surface area (Å²) in [5.41, 5.74) is 3.79. The second-order valence-corrected chi connectivity index (χ2v) is 5.57. The van der Waals surface area contributed by atoms with Crippen molar-refractivity contribution in [2.75, 3.05) is 5.32 Å². The summed E-state index contributed by atoms with van der Waals surface area (Å²) < 4.78 is 6.38. The van der Waals surface area contributed by atoms with Crippen LogP contribution in [0.4, 0.5) is 5.69 Å². The van der Waals surface area contributed by atoms with Crippen molar-refractivity contribution in [3.8, 4) is 0 Å². The van der Waals surface area contributed by atoms with E-state index in [9.17, 15) is 4.79 Å². The predicted octanol–water partition coefficient (Wildman–Crippen LogP) is 3.57. The van der Waals surface area contributed by atoms with Crippen molar-refractivity contribution in [2.45, 2.75) is 13.2 Å². The number of nitrogens with one attached hydrogen (secondary N) is 1. The van der Waals surface area contributed by atoms with Gasteiger partial charge in [0.05, 0.1) is 18.9 Å². The number of hydrogen-bond acceptors (Lipinski definition) is 2. The smallest absolute Gasteiger partial charge is 0.255 e. The number of para-hydroxylation sites is 1. The van der Waals surface area contributed by atoms with E-state index >= 15 is 0 Å². The molecule has 1 heterocycles. The van der Waals surface area contributed by atoms with Gasteiger partial charge in [0.25, 0.3) is 5.91 Å². The van der Waals surface area contributed by atoms with Crippen LogP contribution in [0, 0.1) is 3.57 Å². The molecule has 0 saturated carbocycles. The van der Waals surface area contributed by atoms with Crippen molar-refractivity contribution in [2.24, 2.45) is 0 Å². The summed E-state index contributed by atoms with van der Waals surface area (Å²) in [5.74, 6) is -0.0844. The first-order chi connectivity index (χ1) is 9.24. The van der Waals surface area contributed by atoms with Crippen molar-refractivity contribution in [1.82, 2.24) is 0 Å². The minimum atomic E-state index is -0.0844. The Labute approximate surface area is 125 Å². The van der Waals surface area contributed by atoms with Crippen molar-refractivity contribution in [3.63, 3.8) is 0 Å². The van der Waals surface area contributed by atoms with Crippen LogP contribution in [0.1, 0.15) is 21.5 Å². The summed E-state index contributed by atoms with van der Waals surface area (Å²) in [6, 6.07) is 13.4. The van der Waals surface area contributed by atoms with E-state index in [2.05, 4.69) is 27.9 Å². The Hall–Kier alpha value is -1.40. The van der Waals surface area contributed by atoms with Gasteiger partial charge in [-0.25, -0.2) is 0 Å². The molecule has 1 aliphatic heterocycles. The van der Waals surface area contributed by atoms with E-state index in [-0.39, 0.29) is 5.91 Å². The lowest BCUT2D eigenvalue weighted by atomic mass is 10.1. The van der Waals surface area contributed by atoms with Crippen LogP contribution < -0.4 is 5.32 Å². The highest BCUT2D eigenvalue weighted by molar-refractivity contribution is 14.1. The van der Waals surface area contributed by atoms with E-state index < -0.39 is 0 Å². The zero-order valence-electron chi connectivity index (χ0n) is 10.2. The summed E-state index contributed by atoms with van der Waals surface area (Å²) in [7, 11) is 0. The number of benzene rings is 2. The van der Waals surface area contributed by atoms with Crippen LogP contribution in [0.15, 0.2) is 42.5 Å². The topological polar surface area (TPSA) is 38.3 Å². The van der Waals surface area contributed by atoms with Gasteiger partial charge >= 0.3 is 0 Å². The standard InChI is InChI=1S/C15H12INO2/c16-13-3-1-2-4-14(13)17-15(18)10-5-6-11-8-19-9-12(11)7-10/h1-7H,8-9H2,(H,17,18). The summed E-state index contributed by atoms with van der Waals surface area (Å²) in [5, 5.41) is 2.93. The summed E-state index contributed by atoms with van der Waals surface area (Å²) in [6.07, 6.45) is 0. The summed E-state index contributed by atoms with van der Waals surface area (Å²) >= 11 is 2.21. The molecule has 96 valence electrons. The first-order valence-electron chi connectivity index (χ1n) is 5.99. The molecule has 2 aromatic rings. The van der Waals surface area contributed by atoms with Crippen LogP contribution in [0.3, 0.4) is 0 Å². The van der Waals surface area contributed by atoms with Gasteiger partial charge in [0.15, 0.2) is 0 Å². The number of hydrogen-bond donors (Lipinski definition) is 1. The minimum absolute atomic E-state index is 0.0844. The second kappa shape index (κ2) is 5.30. The van der Waals surface area contributed by atoms with E-state index in [1.165, 1.54) is 5.56 Å². The normalized spacial score (nSPS) is 13.1. The van der Waals surface area contributed by atoms with Crippen molar-refractivity contribution in [3.05, 3.63) is 62.7 Å². The number of carbonyl (C=O) groups excluding carboxylic acids is 1. The predicted molar refractivity (Wildman–Crippen MR) is 82.0 cm³/mol. The molecule has 0 aromatic heterocycles. The Morgan fingerprint density at radius 1 is 1.11 bits per heavy atom. The van der Waals surface area contributed by atoms with E-state index in [0.29, 0.717) is 18.8 Å². The van der Waals surface area contributed by atoms with Gasteiger partial charge in [-0.2, -0.15) is 0 Å². The molecule has 1 amide bonds. The second-order valence-electron chi connectivity index (χ2n) is 4.41. The van der Waals surface area contributed by atoms with Gasteiger partial charge in [-0.15, -0.1) is 0 Å². The highest BCUT2D eigenvalue weighted by atomic mass is 127. The molecule has 0 bridgehead atoms. The number of halogens is 1. The lowest BCUT2D eigenvalue weighted by Crippen LogP contribution is -2.13. The first-order valence-corrected chi connectivity index (χ1v) is 7.07. The molecule has 0 radical (unpaired) electrons. The Balaban J connectivity index is 1.83. The van der Waals surface area contributed by atoms with Gasteiger partial charge in [0, 0.05) is 9.13 Å². The van der Waals surface area contributed by atoms with Gasteiger partial charge in [-0.05, 0) is 58.0 Å². The van der Waals surface area contributed by atoms with Crippen LogP contribution in [-0.4, -0.2) is 5.91 Å². The highest BCUT2D eigenvalue weighted by Gasteiger charge is 2.14. The highest BCUT2D eigenvalue weighted by Crippen LogP contribution is 2.22. The molecule has 19 heavy (non-hydrogen) atoms. The maximum Gasteiger partial charge on any atom is 0.255 e. The van der Waals surface area contributed by atoms with Crippen LogP contribution in [-0.2, 0) is 18.0 Å². The average Bonchev–Trinajstić information content (AvgIpc) is 2.88. The molecule has 3 nitrogen and oxygen atoms in total. The molecule has 1 N–H and O–H groups in total. The fourth-order valence-electron chi connectivity index (χ4n) is 2.07. The maximum atomic E-state index is 12.2. The summed E-state index contributed by atoms with van der Waals surface area (Å²) in [6.45, 7) is 1.24. The lowest BCUT2D eigenvalue weighted by molar-refractivity contribution is 0.102. The lowest BCUT2D eigenvalue weighted by Gasteiger charge is -2.08. The molecular formula is C15H12INO2. The van der Waals surface area contributed by atoms with E-state index in [1.54, 1.807) is 0 Å². The van der Waals surface area contributed by atoms with Crippen molar-refractivity contribution < 1.29 is 9.53 Å². The number of carbonyl (C=O) groups is 1. The Morgan fingerprint density at radius 3 is 2.74 bits per heavy atom. The third kappa shape index (κ3) is 2.64. The minimum Gasteiger partial charge on any atom is -0.372 e. The maximum absolute atomic E-state index is 12.2. The number of anilines is 1. The number of amides is 1. The first kappa shape index (κ1) is 12.6. The van der Waals surface area contributed by atoms with Crippen LogP contribution >= 0.6 is 22.6 Å². The van der Waals surface area contributed by atoms with Crippen LogP contribution in [0.5, 0.6) is 0 Å². The van der Waals surface area contributed by atoms with Crippen LogP contribution in [0.25, 0.3) is 0 Å². The largest absolute Gasteiger partial charge is 0.372 e. The monoisotopic (exact) mass is 365 g/mol. The quantitative estimate of drug-likeness (QED) is 0.827. The fourth-order valence-corrected chi connectivity index (χ4v) is 2.59. The molecule has 2 aromatic carbocycles. The molecule has 0 saturated heterocycles. The van der Waals surface area contributed by atoms with Gasteiger partial charge in [0.2, 0.25) is 0 Å². The van der Waals surface area contributed by atoms with Gasteiger partial charge in [-0.1, -0.05) is 18.2 Å². The molecule has 4 heteroatoms. The average molecular weight is 365 g/mol. The third-order valence-electron chi connectivity index (χ3n) is 3.11. The zero-order chi connectivity index (χ0) is 13.2. The van der Waals surface area contributed by atoms with Gasteiger partial charge in [-0.3, -0.25) is 4.79 Å². The number of ether oxygens (including phenoxy) is 1. The third-order valence-corrected chi connectivity index (χ3v) is 4.05. The molecular weight excluding hydrogens is 353 g/mol. The van der Waals surface area contributed by atoms with E-state index in [0.717, 1.165) is 14.8 Å². The van der Waals surface area contributed by atoms with Gasteiger partial charge < -0.3 is 10.1 Å². The zero-order valence-corrected chi connectivity index (χ0v) is 12.3. The Morgan fingerprint density at radius 2 is 1.89 bits per heavy atom. The number of fused-ring (bicyclic) bond motifs is 1. The molecule has 0 fully saturated rings. The van der Waals surface area contributed by atoms with E-state index in [4.69, 9.17) is 4.74 Å². The van der Waals surface area contributed by atoms with Crippen LogP contribution in [0.2, 0.25) is 0 Å². The molecule has 0 atom stereocenters. The van der Waals surface area contributed by atoms with Crippen molar-refractivity contribution >= 4 is 34.2 Å². The van der Waals surface area contributed by atoms with Crippen molar-refractivity contribution in [1.29, 1.82) is 0 Å². The Bertz CT molecular complexity index is 640. The van der Waals surface area contributed by atoms with Gasteiger partial charge in [0.1, 0.15) is 0 Å². The fraction of sp³-hybridized carbons (Fsp3) is 0.133. The SMILES string of the molecule is O=C(Nc1ccccc1I)c1ccc2c(c1)COC2. The van der Waals surface area contributed by atoms with E-state index in [1.807, 2.05) is 42.5 Å². The molecule has 3 rings (SSSR count). The number of rotatable bonds is 2. The molecule has 0 spiro atoms. The Kier molecular flexibility index (Phi) is 3.52. The summed E-state index contributed by atoms with van der Waals surface area (Å²) in [4.78, 5) is 12.2.